The van der Waals surface area contributed by atoms with E-state index in [1.54, 1.807) is 0 Å². The van der Waals surface area contributed by atoms with E-state index in [9.17, 15) is 13.6 Å². The molecule has 0 radical (unpaired) electrons. The molecule has 1 saturated carbocycles. The van der Waals surface area contributed by atoms with Crippen LogP contribution in [-0.4, -0.2) is 29.1 Å². The molecule has 2 aliphatic rings. The zero-order valence-electron chi connectivity index (χ0n) is 6.26. The smallest absolute Gasteiger partial charge is 0.320 e. The van der Waals surface area contributed by atoms with E-state index in [1.165, 1.54) is 0 Å². The van der Waals surface area contributed by atoms with Gasteiger partial charge in [0.1, 0.15) is 6.04 Å². The van der Waals surface area contributed by atoms with Crippen molar-refractivity contribution in [2.75, 3.05) is 0 Å². The molecule has 1 aliphatic carbocycles. The van der Waals surface area contributed by atoms with E-state index in [4.69, 9.17) is 5.11 Å². The highest BCUT2D eigenvalue weighted by Gasteiger charge is 2.69. The van der Waals surface area contributed by atoms with Crippen LogP contribution in [-0.2, 0) is 4.79 Å². The number of aliphatic carboxylic acids is 1. The Bertz CT molecular complexity index is 231. The Kier molecular flexibility index (Phi) is 1.42. The Morgan fingerprint density at radius 3 is 2.67 bits per heavy atom. The van der Waals surface area contributed by atoms with Gasteiger partial charge in [0.15, 0.2) is 0 Å². The van der Waals surface area contributed by atoms with E-state index < -0.39 is 29.9 Å². The Labute approximate surface area is 67.8 Å². The molecule has 2 rings (SSSR count). The Balaban J connectivity index is 2.01. The topological polar surface area (TPSA) is 49.3 Å². The highest BCUT2D eigenvalue weighted by molar-refractivity contribution is 5.73. The average Bonchev–Trinajstić information content (AvgIpc) is 2.55. The molecule has 0 amide bonds. The van der Waals surface area contributed by atoms with Gasteiger partial charge in [-0.2, -0.15) is 0 Å². The summed E-state index contributed by atoms with van der Waals surface area (Å²) in [6.45, 7) is 0. The Hall–Kier alpha value is -0.710. The number of hydrogen-bond donors (Lipinski definition) is 2. The van der Waals surface area contributed by atoms with Gasteiger partial charge in [-0.15, -0.1) is 0 Å². The first kappa shape index (κ1) is 7.91. The van der Waals surface area contributed by atoms with Gasteiger partial charge in [0, 0.05) is 5.92 Å². The van der Waals surface area contributed by atoms with Crippen LogP contribution in [0.4, 0.5) is 8.78 Å². The van der Waals surface area contributed by atoms with Gasteiger partial charge in [-0.1, -0.05) is 0 Å². The van der Waals surface area contributed by atoms with E-state index in [1.807, 2.05) is 0 Å². The molecule has 1 aliphatic heterocycles. The van der Waals surface area contributed by atoms with Gasteiger partial charge in [0.2, 0.25) is 0 Å². The molecule has 0 aromatic carbocycles. The predicted octanol–water partition coefficient (Wildman–Crippen LogP) is 0.457. The maximum absolute atomic E-state index is 12.7. The Morgan fingerprint density at radius 2 is 2.17 bits per heavy atom. The molecular weight excluding hydrogens is 168 g/mol. The summed E-state index contributed by atoms with van der Waals surface area (Å²) in [5, 5.41) is 11.0. The van der Waals surface area contributed by atoms with E-state index in [2.05, 4.69) is 5.32 Å². The zero-order chi connectivity index (χ0) is 8.93. The van der Waals surface area contributed by atoms with Crippen LogP contribution in [0, 0.1) is 5.92 Å². The summed E-state index contributed by atoms with van der Waals surface area (Å²) in [6, 6.07) is -1.66. The van der Waals surface area contributed by atoms with Crippen molar-refractivity contribution in [3.63, 3.8) is 0 Å². The highest BCUT2D eigenvalue weighted by atomic mass is 19.3. The first-order valence-corrected chi connectivity index (χ1v) is 3.90. The van der Waals surface area contributed by atoms with Crippen LogP contribution in [0.15, 0.2) is 0 Å². The van der Waals surface area contributed by atoms with Crippen molar-refractivity contribution in [1.29, 1.82) is 0 Å². The lowest BCUT2D eigenvalue weighted by atomic mass is 10.1. The van der Waals surface area contributed by atoms with Crippen molar-refractivity contribution >= 4 is 5.97 Å². The van der Waals surface area contributed by atoms with E-state index in [0.717, 1.165) is 0 Å². The average molecular weight is 177 g/mol. The van der Waals surface area contributed by atoms with Crippen molar-refractivity contribution in [3.8, 4) is 0 Å². The lowest BCUT2D eigenvalue weighted by Gasteiger charge is -2.16. The van der Waals surface area contributed by atoms with Crippen molar-refractivity contribution in [3.05, 3.63) is 0 Å². The summed E-state index contributed by atoms with van der Waals surface area (Å²) in [7, 11) is 0. The number of nitrogens with one attached hydrogen (secondary N) is 1. The predicted molar refractivity (Wildman–Crippen MR) is 36.0 cm³/mol. The minimum absolute atomic E-state index is 0.312. The number of halogens is 2. The molecule has 1 heterocycles. The number of piperidine rings is 1. The van der Waals surface area contributed by atoms with Crippen molar-refractivity contribution < 1.29 is 18.7 Å². The molecule has 5 heteroatoms. The summed E-state index contributed by atoms with van der Waals surface area (Å²) in [5.74, 6) is -4.31. The van der Waals surface area contributed by atoms with Crippen molar-refractivity contribution in [1.82, 2.24) is 5.32 Å². The normalized spacial score (nSPS) is 43.3. The van der Waals surface area contributed by atoms with Crippen LogP contribution in [0.25, 0.3) is 0 Å². The number of rotatable bonds is 1. The molecule has 3 nitrogen and oxygen atoms in total. The van der Waals surface area contributed by atoms with E-state index >= 15 is 0 Å². The van der Waals surface area contributed by atoms with Gasteiger partial charge in [0.25, 0.3) is 5.92 Å². The number of fused-ring (bicyclic) bond motifs is 1. The summed E-state index contributed by atoms with van der Waals surface area (Å²) in [4.78, 5) is 10.4. The summed E-state index contributed by atoms with van der Waals surface area (Å²) in [5.41, 5.74) is 0. The van der Waals surface area contributed by atoms with Crippen molar-refractivity contribution in [2.45, 2.75) is 30.8 Å². The molecule has 68 valence electrons. The molecule has 12 heavy (non-hydrogen) atoms. The molecule has 1 saturated heterocycles. The number of carboxylic acid groups (broad SMARTS) is 1. The monoisotopic (exact) mass is 177 g/mol. The second-order valence-corrected chi connectivity index (χ2v) is 3.39. The summed E-state index contributed by atoms with van der Waals surface area (Å²) < 4.78 is 25.4. The number of carboxylic acids is 1. The van der Waals surface area contributed by atoms with Gasteiger partial charge >= 0.3 is 5.97 Å². The number of carbonyl (C=O) groups is 1. The molecule has 0 spiro atoms. The lowest BCUT2D eigenvalue weighted by molar-refractivity contribution is -0.140. The first-order chi connectivity index (χ1) is 5.53. The molecule has 0 aromatic heterocycles. The van der Waals surface area contributed by atoms with Gasteiger partial charge in [0.05, 0.1) is 6.04 Å². The maximum atomic E-state index is 12.7. The van der Waals surface area contributed by atoms with Crippen LogP contribution in [0.2, 0.25) is 0 Å². The fourth-order valence-corrected chi connectivity index (χ4v) is 1.82. The van der Waals surface area contributed by atoms with E-state index in [0.29, 0.717) is 12.8 Å². The zero-order valence-corrected chi connectivity index (χ0v) is 6.26. The summed E-state index contributed by atoms with van der Waals surface area (Å²) >= 11 is 0. The van der Waals surface area contributed by atoms with Crippen LogP contribution in [0.5, 0.6) is 0 Å². The first-order valence-electron chi connectivity index (χ1n) is 3.90. The van der Waals surface area contributed by atoms with Crippen LogP contribution >= 0.6 is 0 Å². The lowest BCUT2D eigenvalue weighted by Crippen LogP contribution is -2.42. The van der Waals surface area contributed by atoms with Gasteiger partial charge in [-0.3, -0.25) is 10.1 Å². The number of alkyl halides is 2. The second-order valence-electron chi connectivity index (χ2n) is 3.39. The molecular formula is C7H9F2NO2. The largest absolute Gasteiger partial charge is 0.480 e. The van der Waals surface area contributed by atoms with Crippen LogP contribution in [0.3, 0.4) is 0 Å². The third-order valence-electron chi connectivity index (χ3n) is 2.65. The fraction of sp³-hybridized carbons (Fsp3) is 0.857. The molecule has 3 atom stereocenters. The quantitative estimate of drug-likeness (QED) is 0.611. The van der Waals surface area contributed by atoms with Gasteiger partial charge < -0.3 is 5.11 Å². The fourth-order valence-electron chi connectivity index (χ4n) is 1.82. The van der Waals surface area contributed by atoms with Crippen molar-refractivity contribution in [2.24, 2.45) is 5.92 Å². The molecule has 0 bridgehead atoms. The van der Waals surface area contributed by atoms with Gasteiger partial charge in [-0.25, -0.2) is 8.78 Å². The van der Waals surface area contributed by atoms with Crippen LogP contribution < -0.4 is 5.32 Å². The molecule has 2 fully saturated rings. The summed E-state index contributed by atoms with van der Waals surface area (Å²) in [6.07, 6.45) is 0.633. The van der Waals surface area contributed by atoms with E-state index in [-0.39, 0.29) is 0 Å². The third-order valence-corrected chi connectivity index (χ3v) is 2.65. The SMILES string of the molecule is O=C(O)C1CCC2C(N1)C2(F)F. The Morgan fingerprint density at radius 1 is 1.50 bits per heavy atom. The van der Waals surface area contributed by atoms with Crippen LogP contribution in [0.1, 0.15) is 12.8 Å². The third kappa shape index (κ3) is 0.924. The highest BCUT2D eigenvalue weighted by Crippen LogP contribution is 2.53. The molecule has 0 aromatic rings. The maximum Gasteiger partial charge on any atom is 0.320 e. The molecule has 3 unspecified atom stereocenters. The number of hydrogen-bond acceptors (Lipinski definition) is 2. The standard InChI is InChI=1S/C7H9F2NO2/c8-7(9)3-1-2-4(6(11)12)10-5(3)7/h3-5,10H,1-2H2,(H,11,12). The van der Waals surface area contributed by atoms with Gasteiger partial charge in [-0.05, 0) is 12.8 Å². The minimum Gasteiger partial charge on any atom is -0.480 e. The second kappa shape index (κ2) is 2.16. The molecule has 2 N–H and O–H groups in total. The minimum atomic E-state index is -2.66.